The molecule has 1 heterocycles. The van der Waals surface area contributed by atoms with Crippen molar-refractivity contribution in [1.29, 1.82) is 0 Å². The summed E-state index contributed by atoms with van der Waals surface area (Å²) in [6, 6.07) is -0.427. The quantitative estimate of drug-likeness (QED) is 0.533. The second-order valence-electron chi connectivity index (χ2n) is 13.4. The number of nitrogens with one attached hydrogen (secondary N) is 1. The second kappa shape index (κ2) is 8.69. The Hall–Kier alpha value is -0.810. The van der Waals surface area contributed by atoms with Gasteiger partial charge in [-0.3, -0.25) is 0 Å². The van der Waals surface area contributed by atoms with E-state index in [1.165, 1.54) is 38.5 Å². The van der Waals surface area contributed by atoms with Gasteiger partial charge in [0.2, 0.25) is 0 Å². The van der Waals surface area contributed by atoms with Gasteiger partial charge in [0.15, 0.2) is 0 Å². The first-order valence-electron chi connectivity index (χ1n) is 14.0. The van der Waals surface area contributed by atoms with Gasteiger partial charge in [-0.25, -0.2) is 4.79 Å². The lowest BCUT2D eigenvalue weighted by atomic mass is 9.44. The highest BCUT2D eigenvalue weighted by Gasteiger charge is 2.65. The molecule has 5 fully saturated rings. The number of hydrogen-bond donors (Lipinski definition) is 3. The molecular formula is C28H48N2O3. The fraction of sp³-hybridized carbons (Fsp3) is 0.964. The molecule has 5 rings (SSSR count). The maximum absolute atomic E-state index is 11.0. The number of nitrogens with two attached hydrogens (primary N) is 1. The van der Waals surface area contributed by atoms with Gasteiger partial charge < -0.3 is 20.9 Å². The Bertz CT molecular complexity index is 745. The molecule has 0 bridgehead atoms. The summed E-state index contributed by atoms with van der Waals surface area (Å²) in [7, 11) is 0. The van der Waals surface area contributed by atoms with Crippen LogP contribution in [0.15, 0.2) is 0 Å². The van der Waals surface area contributed by atoms with Crippen molar-refractivity contribution in [2.75, 3.05) is 6.54 Å². The van der Waals surface area contributed by atoms with Crippen LogP contribution in [0.4, 0.5) is 4.79 Å². The van der Waals surface area contributed by atoms with Crippen molar-refractivity contribution in [2.24, 2.45) is 58.0 Å². The van der Waals surface area contributed by atoms with Gasteiger partial charge in [-0.05, 0) is 116 Å². The van der Waals surface area contributed by atoms with E-state index in [0.717, 1.165) is 49.4 Å². The van der Waals surface area contributed by atoms with Gasteiger partial charge in [-0.15, -0.1) is 0 Å². The Morgan fingerprint density at radius 1 is 1.12 bits per heavy atom. The molecule has 1 aliphatic heterocycles. The summed E-state index contributed by atoms with van der Waals surface area (Å²) >= 11 is 0. The molecule has 4 N–H and O–H groups in total. The van der Waals surface area contributed by atoms with E-state index in [4.69, 9.17) is 10.5 Å². The van der Waals surface area contributed by atoms with Crippen LogP contribution in [-0.4, -0.2) is 36.0 Å². The average molecular weight is 461 g/mol. The number of urea groups is 1. The number of primary amides is 1. The molecule has 5 nitrogen and oxygen atoms in total. The van der Waals surface area contributed by atoms with Crippen molar-refractivity contribution >= 4 is 6.03 Å². The SMILES string of the molecule is CC(CCC1OC2CC3C4CCC5CC(O)CCC5(C)C4CCC3(C)C2C1C)CNC(N)=O. The van der Waals surface area contributed by atoms with Gasteiger partial charge in [0, 0.05) is 6.54 Å². The predicted octanol–water partition coefficient (Wildman–Crippen LogP) is 5.10. The molecule has 0 aromatic carbocycles. The molecule has 5 heteroatoms. The van der Waals surface area contributed by atoms with E-state index >= 15 is 0 Å². The predicted molar refractivity (Wildman–Crippen MR) is 130 cm³/mol. The van der Waals surface area contributed by atoms with Gasteiger partial charge in [0.1, 0.15) is 0 Å². The molecule has 4 aliphatic carbocycles. The number of carbonyl (C=O) groups is 1. The van der Waals surface area contributed by atoms with Gasteiger partial charge in [0.05, 0.1) is 18.3 Å². The van der Waals surface area contributed by atoms with Crippen LogP contribution in [0.1, 0.15) is 91.9 Å². The van der Waals surface area contributed by atoms with Crippen LogP contribution in [0.3, 0.4) is 0 Å². The van der Waals surface area contributed by atoms with Crippen LogP contribution in [0.5, 0.6) is 0 Å². The summed E-state index contributed by atoms with van der Waals surface area (Å²) in [5.41, 5.74) is 6.11. The molecule has 0 radical (unpaired) electrons. The van der Waals surface area contributed by atoms with Crippen molar-refractivity contribution in [1.82, 2.24) is 5.32 Å². The number of aliphatic hydroxyl groups excluding tert-OH is 1. The molecule has 2 amide bonds. The minimum atomic E-state index is -0.427. The van der Waals surface area contributed by atoms with Gasteiger partial charge in [-0.2, -0.15) is 0 Å². The number of aliphatic hydroxyl groups is 1. The second-order valence-corrected chi connectivity index (χ2v) is 13.4. The lowest BCUT2D eigenvalue weighted by Crippen LogP contribution is -2.54. The van der Waals surface area contributed by atoms with E-state index in [2.05, 4.69) is 33.0 Å². The van der Waals surface area contributed by atoms with E-state index in [0.29, 0.717) is 47.3 Å². The van der Waals surface area contributed by atoms with Gasteiger partial charge >= 0.3 is 6.03 Å². The zero-order valence-corrected chi connectivity index (χ0v) is 21.4. The Balaban J connectivity index is 1.25. The average Bonchev–Trinajstić information content (AvgIpc) is 3.24. The zero-order valence-electron chi connectivity index (χ0n) is 21.4. The smallest absolute Gasteiger partial charge is 0.312 e. The zero-order chi connectivity index (χ0) is 23.5. The Labute approximate surface area is 201 Å². The first-order chi connectivity index (χ1) is 15.6. The van der Waals surface area contributed by atoms with Crippen LogP contribution in [0.25, 0.3) is 0 Å². The Morgan fingerprint density at radius 3 is 2.64 bits per heavy atom. The first kappa shape index (κ1) is 23.9. The maximum Gasteiger partial charge on any atom is 0.312 e. The molecule has 0 aromatic heterocycles. The summed E-state index contributed by atoms with van der Waals surface area (Å²) in [6.07, 6.45) is 12.9. The van der Waals surface area contributed by atoms with Crippen LogP contribution in [0, 0.1) is 52.3 Å². The molecule has 12 atom stereocenters. The molecule has 5 aliphatic rings. The maximum atomic E-state index is 11.0. The summed E-state index contributed by atoms with van der Waals surface area (Å²) in [5.74, 6) is 5.01. The number of amides is 2. The van der Waals surface area contributed by atoms with Gasteiger partial charge in [-0.1, -0.05) is 27.7 Å². The molecule has 33 heavy (non-hydrogen) atoms. The number of fused-ring (bicyclic) bond motifs is 7. The third-order valence-electron chi connectivity index (χ3n) is 11.8. The van der Waals surface area contributed by atoms with Crippen LogP contribution in [0.2, 0.25) is 0 Å². The van der Waals surface area contributed by atoms with Crippen molar-refractivity contribution in [3.05, 3.63) is 0 Å². The highest BCUT2D eigenvalue weighted by Crippen LogP contribution is 2.70. The molecule has 0 aromatic rings. The normalized spacial score (nSPS) is 51.7. The monoisotopic (exact) mass is 460 g/mol. The molecular weight excluding hydrogens is 412 g/mol. The van der Waals surface area contributed by atoms with Crippen LogP contribution < -0.4 is 11.1 Å². The highest BCUT2D eigenvalue weighted by molar-refractivity contribution is 5.71. The fourth-order valence-electron chi connectivity index (χ4n) is 10.1. The lowest BCUT2D eigenvalue weighted by molar-refractivity contribution is -0.130. The van der Waals surface area contributed by atoms with E-state index in [1.54, 1.807) is 0 Å². The standard InChI is InChI=1S/C28H48N2O3/c1-16(15-30-26(29)32)5-8-23-17(2)25-24(33-23)14-22-20-7-6-18-13-19(31)9-11-27(18,3)21(20)10-12-28(22,25)4/h16-25,31H,5-15H2,1-4H3,(H3,29,30,32). The van der Waals surface area contributed by atoms with Crippen molar-refractivity contribution in [2.45, 2.75) is 110 Å². The number of hydrogen-bond acceptors (Lipinski definition) is 3. The van der Waals surface area contributed by atoms with Crippen LogP contribution in [-0.2, 0) is 4.74 Å². The van der Waals surface area contributed by atoms with E-state index in [9.17, 15) is 9.90 Å². The number of rotatable bonds is 5. The minimum absolute atomic E-state index is 0.0557. The first-order valence-corrected chi connectivity index (χ1v) is 14.0. The molecule has 12 unspecified atom stereocenters. The lowest BCUT2D eigenvalue weighted by Gasteiger charge is -2.61. The summed E-state index contributed by atoms with van der Waals surface area (Å²) < 4.78 is 6.81. The fourth-order valence-corrected chi connectivity index (χ4v) is 10.1. The summed E-state index contributed by atoms with van der Waals surface area (Å²) in [5, 5.41) is 13.1. The highest BCUT2D eigenvalue weighted by atomic mass is 16.5. The Morgan fingerprint density at radius 2 is 1.88 bits per heavy atom. The summed E-state index contributed by atoms with van der Waals surface area (Å²) in [4.78, 5) is 11.0. The van der Waals surface area contributed by atoms with Crippen LogP contribution >= 0.6 is 0 Å². The largest absolute Gasteiger partial charge is 0.393 e. The minimum Gasteiger partial charge on any atom is -0.393 e. The number of ether oxygens (including phenoxy) is 1. The topological polar surface area (TPSA) is 84.6 Å². The summed E-state index contributed by atoms with van der Waals surface area (Å²) in [6.45, 7) is 10.5. The van der Waals surface area contributed by atoms with Crippen molar-refractivity contribution in [3.63, 3.8) is 0 Å². The number of carbonyl (C=O) groups excluding carboxylic acids is 1. The molecule has 0 spiro atoms. The molecule has 188 valence electrons. The van der Waals surface area contributed by atoms with E-state index < -0.39 is 6.03 Å². The molecule has 4 saturated carbocycles. The van der Waals surface area contributed by atoms with E-state index in [1.807, 2.05) is 0 Å². The van der Waals surface area contributed by atoms with E-state index in [-0.39, 0.29) is 6.10 Å². The van der Waals surface area contributed by atoms with Crippen molar-refractivity contribution in [3.8, 4) is 0 Å². The van der Waals surface area contributed by atoms with Gasteiger partial charge in [0.25, 0.3) is 0 Å². The third-order valence-corrected chi connectivity index (χ3v) is 11.8. The third kappa shape index (κ3) is 3.93. The molecule has 1 saturated heterocycles. The Kier molecular flexibility index (Phi) is 6.30. The van der Waals surface area contributed by atoms with Crippen molar-refractivity contribution < 1.29 is 14.6 Å².